The summed E-state index contributed by atoms with van der Waals surface area (Å²) in [5, 5.41) is 3.07. The molecule has 0 radical (unpaired) electrons. The standard InChI is InChI=1S/C24H26F3N5O2S/c1-32(2)22-11-16(15-4-3-5-17(25)10-15)6-7-20(22)30-21-12-19(27)23(13-18(21)26)35(33,34)31-24-8-9-28-14-29-24/h3-5,8-10,12-14,16,20,22,30H,6-7,11H2,1-2H3,(H,28,29,31)/t16-,20-,22-/m0/s1. The molecular weight excluding hydrogens is 479 g/mol. The number of sulfonamides is 1. The molecule has 0 spiro atoms. The number of nitrogens with one attached hydrogen (secondary N) is 2. The number of aromatic nitrogens is 2. The fourth-order valence-corrected chi connectivity index (χ4v) is 5.62. The molecule has 7 nitrogen and oxygen atoms in total. The van der Waals surface area contributed by atoms with Gasteiger partial charge in [-0.15, -0.1) is 0 Å². The fourth-order valence-electron chi connectivity index (χ4n) is 4.54. The topological polar surface area (TPSA) is 87.2 Å². The van der Waals surface area contributed by atoms with E-state index in [2.05, 4.69) is 20.0 Å². The second-order valence-corrected chi connectivity index (χ2v) is 10.5. The summed E-state index contributed by atoms with van der Waals surface area (Å²) >= 11 is 0. The van der Waals surface area contributed by atoms with Crippen LogP contribution >= 0.6 is 0 Å². The van der Waals surface area contributed by atoms with Crippen molar-refractivity contribution in [2.75, 3.05) is 24.1 Å². The van der Waals surface area contributed by atoms with E-state index in [4.69, 9.17) is 0 Å². The van der Waals surface area contributed by atoms with Crippen LogP contribution in [0.15, 0.2) is 59.9 Å². The molecule has 1 heterocycles. The Bertz CT molecular complexity index is 1290. The van der Waals surface area contributed by atoms with Gasteiger partial charge in [-0.2, -0.15) is 0 Å². The number of benzene rings is 2. The molecule has 186 valence electrons. The maximum absolute atomic E-state index is 15.0. The Morgan fingerprint density at radius 1 is 1.03 bits per heavy atom. The van der Waals surface area contributed by atoms with Crippen LogP contribution in [0.5, 0.6) is 0 Å². The molecule has 0 saturated heterocycles. The summed E-state index contributed by atoms with van der Waals surface area (Å²) in [4.78, 5) is 8.60. The molecule has 0 unspecified atom stereocenters. The fraction of sp³-hybridized carbons (Fsp3) is 0.333. The van der Waals surface area contributed by atoms with E-state index >= 15 is 0 Å². The minimum absolute atomic E-state index is 0.0395. The van der Waals surface area contributed by atoms with Gasteiger partial charge in [-0.3, -0.25) is 4.72 Å². The van der Waals surface area contributed by atoms with E-state index in [1.54, 1.807) is 6.07 Å². The highest BCUT2D eigenvalue weighted by Gasteiger charge is 2.33. The molecule has 1 aliphatic rings. The number of halogens is 3. The van der Waals surface area contributed by atoms with Crippen LogP contribution in [0.2, 0.25) is 0 Å². The van der Waals surface area contributed by atoms with Crippen LogP contribution in [0, 0.1) is 17.5 Å². The minimum Gasteiger partial charge on any atom is -0.378 e. The Kier molecular flexibility index (Phi) is 7.27. The molecule has 1 fully saturated rings. The molecule has 2 N–H and O–H groups in total. The highest BCUT2D eigenvalue weighted by atomic mass is 32.2. The lowest BCUT2D eigenvalue weighted by atomic mass is 9.78. The van der Waals surface area contributed by atoms with Crippen LogP contribution in [0.1, 0.15) is 30.7 Å². The molecule has 1 aliphatic carbocycles. The second kappa shape index (κ2) is 10.2. The van der Waals surface area contributed by atoms with E-state index < -0.39 is 26.6 Å². The van der Waals surface area contributed by atoms with Crippen LogP contribution in [-0.2, 0) is 10.0 Å². The molecular formula is C24H26F3N5O2S. The van der Waals surface area contributed by atoms with E-state index in [0.717, 1.165) is 24.4 Å². The number of hydrogen-bond acceptors (Lipinski definition) is 6. The van der Waals surface area contributed by atoms with Crippen molar-refractivity contribution < 1.29 is 21.6 Å². The second-order valence-electron chi connectivity index (χ2n) is 8.81. The van der Waals surface area contributed by atoms with Gasteiger partial charge in [0, 0.05) is 24.3 Å². The quantitative estimate of drug-likeness (QED) is 0.496. The zero-order chi connectivity index (χ0) is 25.2. The summed E-state index contributed by atoms with van der Waals surface area (Å²) in [7, 11) is -0.601. The molecule has 0 amide bonds. The Labute approximate surface area is 202 Å². The molecule has 0 aliphatic heterocycles. The summed E-state index contributed by atoms with van der Waals surface area (Å²) in [6, 6.07) is 9.08. The number of rotatable bonds is 7. The third-order valence-corrected chi connectivity index (χ3v) is 7.64. The maximum atomic E-state index is 15.0. The zero-order valence-corrected chi connectivity index (χ0v) is 20.1. The van der Waals surface area contributed by atoms with Crippen molar-refractivity contribution in [2.24, 2.45) is 0 Å². The third-order valence-electron chi connectivity index (χ3n) is 6.27. The normalized spacial score (nSPS) is 20.6. The largest absolute Gasteiger partial charge is 0.378 e. The van der Waals surface area contributed by atoms with Crippen molar-refractivity contribution in [1.29, 1.82) is 0 Å². The molecule has 11 heteroatoms. The van der Waals surface area contributed by atoms with Crippen molar-refractivity contribution in [3.63, 3.8) is 0 Å². The Morgan fingerprint density at radius 2 is 1.83 bits per heavy atom. The first-order valence-electron chi connectivity index (χ1n) is 11.1. The summed E-state index contributed by atoms with van der Waals surface area (Å²) < 4.78 is 70.8. The molecule has 3 aromatic rings. The summed E-state index contributed by atoms with van der Waals surface area (Å²) in [5.41, 5.74) is 0.794. The van der Waals surface area contributed by atoms with Crippen molar-refractivity contribution >= 4 is 21.5 Å². The monoisotopic (exact) mass is 505 g/mol. The van der Waals surface area contributed by atoms with Gasteiger partial charge in [0.15, 0.2) is 0 Å². The smallest absolute Gasteiger partial charge is 0.266 e. The van der Waals surface area contributed by atoms with Crippen LogP contribution < -0.4 is 10.0 Å². The minimum atomic E-state index is -4.40. The predicted octanol–water partition coefficient (Wildman–Crippen LogP) is 4.37. The molecule has 35 heavy (non-hydrogen) atoms. The molecule has 3 atom stereocenters. The van der Waals surface area contributed by atoms with E-state index in [0.29, 0.717) is 18.9 Å². The van der Waals surface area contributed by atoms with Crippen LogP contribution in [0.25, 0.3) is 0 Å². The van der Waals surface area contributed by atoms with Gasteiger partial charge in [-0.1, -0.05) is 12.1 Å². The third kappa shape index (κ3) is 5.73. The molecule has 0 bridgehead atoms. The van der Waals surface area contributed by atoms with E-state index in [-0.39, 0.29) is 35.3 Å². The highest BCUT2D eigenvalue weighted by molar-refractivity contribution is 7.92. The Morgan fingerprint density at radius 3 is 2.51 bits per heavy atom. The number of likely N-dealkylation sites (N-methyl/N-ethyl adjacent to an activating group) is 1. The average molecular weight is 506 g/mol. The number of hydrogen-bond donors (Lipinski definition) is 2. The summed E-state index contributed by atoms with van der Waals surface area (Å²) in [6.45, 7) is 0. The number of anilines is 2. The van der Waals surface area contributed by atoms with Gasteiger partial charge in [0.2, 0.25) is 0 Å². The van der Waals surface area contributed by atoms with Crippen LogP contribution in [0.3, 0.4) is 0 Å². The van der Waals surface area contributed by atoms with Gasteiger partial charge < -0.3 is 10.2 Å². The lowest BCUT2D eigenvalue weighted by Gasteiger charge is -2.41. The first kappa shape index (κ1) is 24.9. The number of nitrogens with zero attached hydrogens (tertiary/aromatic N) is 3. The van der Waals surface area contributed by atoms with E-state index in [1.165, 1.54) is 24.4 Å². The molecule has 4 rings (SSSR count). The van der Waals surface area contributed by atoms with Crippen molar-refractivity contribution in [3.8, 4) is 0 Å². The maximum Gasteiger partial charge on any atom is 0.266 e. The average Bonchev–Trinajstić information content (AvgIpc) is 2.81. The Balaban J connectivity index is 1.53. The highest BCUT2D eigenvalue weighted by Crippen LogP contribution is 2.37. The van der Waals surface area contributed by atoms with E-state index in [1.807, 2.05) is 25.1 Å². The Hall–Kier alpha value is -3.18. The first-order chi connectivity index (χ1) is 16.6. The van der Waals surface area contributed by atoms with Crippen molar-refractivity contribution in [1.82, 2.24) is 14.9 Å². The van der Waals surface area contributed by atoms with Crippen LogP contribution in [-0.4, -0.2) is 49.5 Å². The van der Waals surface area contributed by atoms with Gasteiger partial charge in [0.25, 0.3) is 10.0 Å². The van der Waals surface area contributed by atoms with Gasteiger partial charge in [0.1, 0.15) is 34.5 Å². The van der Waals surface area contributed by atoms with E-state index in [9.17, 15) is 21.6 Å². The first-order valence-corrected chi connectivity index (χ1v) is 12.6. The van der Waals surface area contributed by atoms with Crippen LogP contribution in [0.4, 0.5) is 24.7 Å². The lowest BCUT2D eigenvalue weighted by Crippen LogP contribution is -2.47. The molecule has 1 aromatic heterocycles. The van der Waals surface area contributed by atoms with Gasteiger partial charge in [-0.25, -0.2) is 31.6 Å². The van der Waals surface area contributed by atoms with Gasteiger partial charge in [0.05, 0.1) is 5.69 Å². The molecule has 1 saturated carbocycles. The molecule has 2 aromatic carbocycles. The van der Waals surface area contributed by atoms with Gasteiger partial charge >= 0.3 is 0 Å². The summed E-state index contributed by atoms with van der Waals surface area (Å²) in [6.07, 6.45) is 4.53. The lowest BCUT2D eigenvalue weighted by molar-refractivity contribution is 0.195. The van der Waals surface area contributed by atoms with Crippen molar-refractivity contribution in [3.05, 3.63) is 78.0 Å². The summed E-state index contributed by atoms with van der Waals surface area (Å²) in [5.74, 6) is -2.19. The zero-order valence-electron chi connectivity index (χ0n) is 19.2. The predicted molar refractivity (Wildman–Crippen MR) is 127 cm³/mol. The SMILES string of the molecule is CN(C)[C@H]1C[C@@H](c2cccc(F)c2)CC[C@@H]1Nc1cc(F)c(S(=O)(=O)Nc2ccncn2)cc1F. The van der Waals surface area contributed by atoms with Gasteiger partial charge in [-0.05, 0) is 69.1 Å². The van der Waals surface area contributed by atoms with Crippen molar-refractivity contribution in [2.45, 2.75) is 42.2 Å².